The molecule has 0 saturated heterocycles. The van der Waals surface area contributed by atoms with Crippen molar-refractivity contribution in [3.63, 3.8) is 0 Å². The average Bonchev–Trinajstić information content (AvgIpc) is 1.51. The van der Waals surface area contributed by atoms with Gasteiger partial charge >= 0.3 is 0 Å². The molecule has 3 N–H and O–H groups in total. The van der Waals surface area contributed by atoms with E-state index in [-0.39, 0.29) is 59.8 Å². The fourth-order valence-electron chi connectivity index (χ4n) is 16.9. The number of methoxy groups -OCH3 is 1. The largest absolute Gasteiger partial charge is 0.487 e. The highest BCUT2D eigenvalue weighted by atomic mass is 35.5. The summed E-state index contributed by atoms with van der Waals surface area (Å²) in [6.07, 6.45) is 16.1. The molecule has 6 aromatic rings. The lowest BCUT2D eigenvalue weighted by Crippen LogP contribution is -2.54. The molecule has 2 fully saturated rings. The van der Waals surface area contributed by atoms with Gasteiger partial charge < -0.3 is 29.1 Å². The monoisotopic (exact) mass is 1360 g/mol. The van der Waals surface area contributed by atoms with Crippen LogP contribution < -0.4 is 28.7 Å². The van der Waals surface area contributed by atoms with Gasteiger partial charge in [0.15, 0.2) is 6.10 Å². The third-order valence-electron chi connectivity index (χ3n) is 23.0. The Morgan fingerprint density at radius 2 is 1.30 bits per heavy atom. The average molecular weight is 1360 g/mol. The minimum Gasteiger partial charge on any atom is -0.487 e. The number of aryl methyl sites for hydroxylation is 2. The summed E-state index contributed by atoms with van der Waals surface area (Å²) in [5.74, 6) is -0.928. The normalized spacial score (nSPS) is 31.3. The lowest BCUT2D eigenvalue weighted by molar-refractivity contribution is -0.127. The van der Waals surface area contributed by atoms with E-state index in [0.717, 1.165) is 85.7 Å². The smallest absolute Gasteiger partial charge is 0.264 e. The van der Waals surface area contributed by atoms with Gasteiger partial charge in [-0.2, -0.15) is 0 Å². The fraction of sp³-hybridized carbons (Fsp3) is 0.571. The summed E-state index contributed by atoms with van der Waals surface area (Å²) in [5.41, 5.74) is 3.87. The van der Waals surface area contributed by atoms with Crippen molar-refractivity contribution in [1.82, 2.24) is 39.4 Å². The van der Waals surface area contributed by atoms with Crippen molar-refractivity contribution >= 4 is 66.4 Å². The Morgan fingerprint density at radius 1 is 0.660 bits per heavy atom. The summed E-state index contributed by atoms with van der Waals surface area (Å²) in [4.78, 5) is 33.1. The fourth-order valence-corrected chi connectivity index (χ4v) is 19.9. The second-order valence-corrected chi connectivity index (χ2v) is 33.4. The van der Waals surface area contributed by atoms with Crippen molar-refractivity contribution in [2.45, 2.75) is 183 Å². The number of hydrogen-bond acceptors (Lipinski definition) is 16. The van der Waals surface area contributed by atoms with Crippen molar-refractivity contribution in [3.8, 4) is 11.5 Å². The number of sulfonamides is 2. The molecule has 2 saturated carbocycles. The maximum Gasteiger partial charge on any atom is 0.264 e. The number of aromatic nitrogens is 6. The zero-order valence-electron chi connectivity index (χ0n) is 54.4. The molecule has 24 heteroatoms. The summed E-state index contributed by atoms with van der Waals surface area (Å²) in [7, 11) is -6.48. The van der Waals surface area contributed by atoms with Crippen LogP contribution in [0.3, 0.4) is 0 Å². The van der Waals surface area contributed by atoms with Crippen LogP contribution in [0.4, 0.5) is 11.4 Å². The zero-order valence-corrected chi connectivity index (χ0v) is 57.5. The number of rotatable bonds is 6. The van der Waals surface area contributed by atoms with E-state index in [1.807, 2.05) is 55.1 Å². The highest BCUT2D eigenvalue weighted by molar-refractivity contribution is 7.91. The van der Waals surface area contributed by atoms with Gasteiger partial charge in [-0.3, -0.25) is 9.59 Å². The number of amides is 2. The van der Waals surface area contributed by atoms with Crippen LogP contribution in [0, 0.1) is 35.5 Å². The number of nitrogens with zero attached hydrogens (tertiary/aromatic N) is 8. The number of carbonyl (C=O) groups is 2. The van der Waals surface area contributed by atoms with Crippen LogP contribution in [0.25, 0.3) is 0 Å². The van der Waals surface area contributed by atoms with Gasteiger partial charge in [0.1, 0.15) is 23.8 Å². The number of hydrogen-bond donors (Lipinski definition) is 3. The number of ether oxygens (including phenoxy) is 3. The highest BCUT2D eigenvalue weighted by Gasteiger charge is 2.54. The summed E-state index contributed by atoms with van der Waals surface area (Å²) >= 11 is 13.4. The lowest BCUT2D eigenvalue weighted by atomic mass is 9.62. The van der Waals surface area contributed by atoms with Crippen LogP contribution >= 0.6 is 23.2 Å². The number of benzene rings is 4. The first-order chi connectivity index (χ1) is 45.0. The van der Waals surface area contributed by atoms with Crippen LogP contribution in [0.2, 0.25) is 10.0 Å². The molecule has 13 rings (SSSR count). The molecule has 4 aromatic carbocycles. The van der Waals surface area contributed by atoms with Gasteiger partial charge in [0.25, 0.3) is 11.8 Å². The summed E-state index contributed by atoms with van der Waals surface area (Å²) in [6.45, 7) is 10.1. The number of fused-ring (bicyclic) bond motifs is 7. The molecule has 3 aliphatic carbocycles. The molecule has 7 aliphatic rings. The first-order valence-electron chi connectivity index (χ1n) is 33.8. The van der Waals surface area contributed by atoms with Crippen molar-refractivity contribution in [2.24, 2.45) is 35.5 Å². The second-order valence-electron chi connectivity index (χ2n) is 28.5. The molecule has 4 aliphatic heterocycles. The Bertz CT molecular complexity index is 4030. The van der Waals surface area contributed by atoms with Crippen LogP contribution in [0.5, 0.6) is 11.5 Å². The molecule has 1 spiro atoms. The van der Waals surface area contributed by atoms with Gasteiger partial charge in [-0.25, -0.2) is 35.6 Å². The highest BCUT2D eigenvalue weighted by Crippen LogP contribution is 2.55. The Balaban J connectivity index is 0.878. The third-order valence-corrected chi connectivity index (χ3v) is 27.2. The Morgan fingerprint density at radius 3 is 1.97 bits per heavy atom. The minimum atomic E-state index is -4.14. The van der Waals surface area contributed by atoms with E-state index in [9.17, 15) is 31.5 Å². The van der Waals surface area contributed by atoms with Gasteiger partial charge in [-0.1, -0.05) is 72.5 Å². The van der Waals surface area contributed by atoms with Crippen LogP contribution in [0.1, 0.15) is 172 Å². The van der Waals surface area contributed by atoms with E-state index in [4.69, 9.17) is 47.7 Å². The molecule has 94 heavy (non-hydrogen) atoms. The van der Waals surface area contributed by atoms with E-state index >= 15 is 0 Å². The van der Waals surface area contributed by atoms with Crippen molar-refractivity contribution in [1.29, 1.82) is 0 Å². The molecule has 2 aromatic heterocycles. The van der Waals surface area contributed by atoms with Gasteiger partial charge in [0.05, 0.1) is 64.0 Å². The predicted octanol–water partition coefficient (Wildman–Crippen LogP) is 11.2. The molecular weight excluding hydrogens is 1280 g/mol. The van der Waals surface area contributed by atoms with Gasteiger partial charge in [0, 0.05) is 60.7 Å². The van der Waals surface area contributed by atoms with Crippen molar-refractivity contribution in [2.75, 3.05) is 43.1 Å². The Labute approximate surface area is 562 Å². The quantitative estimate of drug-likeness (QED) is 0.140. The van der Waals surface area contributed by atoms with E-state index in [1.54, 1.807) is 74.4 Å². The number of carbonyl (C=O) groups excluding carboxylic acids is 2. The first-order valence-corrected chi connectivity index (χ1v) is 37.7. The molecule has 2 amide bonds. The number of nitrogens with one attached hydrogen (secondary N) is 2. The maximum atomic E-state index is 14.4. The van der Waals surface area contributed by atoms with Crippen LogP contribution in [0.15, 0.2) is 91.4 Å². The van der Waals surface area contributed by atoms with E-state index in [0.29, 0.717) is 111 Å². The topological polar surface area (TPSA) is 242 Å². The predicted molar refractivity (Wildman–Crippen MR) is 360 cm³/mol. The molecule has 0 radical (unpaired) electrons. The second kappa shape index (κ2) is 26.6. The SMILES string of the molecule is CO[C@@]1(Cn2cc(C3Oc4ccc5cc4N(C[C@@H]4CC[C@H]4[C@@](O)(Cn4ccnn4)CCC[C@H](C)[C@@H](C)S(=O)(=O)NC5=O)C[C@@]34CCCc3cc(Cl)ccc34)nn2)CCC[C@H](C)[C@@H](C)S(=O)(=O)NC(=O)c2ccc3c(c2)N(CCCCc2cc(Cl)ccc2CO3)C[C@@H]2CC[C@H]21. The molecule has 20 nitrogen and oxygen atoms in total. The summed E-state index contributed by atoms with van der Waals surface area (Å²) < 4.78 is 86.2. The maximum absolute atomic E-state index is 14.4. The number of anilines is 2. The third kappa shape index (κ3) is 13.1. The van der Waals surface area contributed by atoms with Gasteiger partial charge in [-0.15, -0.1) is 10.2 Å². The van der Waals surface area contributed by atoms with Crippen molar-refractivity contribution < 1.29 is 45.7 Å². The number of aliphatic hydroxyl groups is 1. The first kappa shape index (κ1) is 66.3. The number of halogens is 2. The Kier molecular flexibility index (Phi) is 18.8. The van der Waals surface area contributed by atoms with Crippen LogP contribution in [-0.4, -0.2) is 119 Å². The van der Waals surface area contributed by atoms with E-state index in [2.05, 4.69) is 35.6 Å². The van der Waals surface area contributed by atoms with Crippen molar-refractivity contribution in [3.05, 3.63) is 141 Å². The molecule has 6 heterocycles. The zero-order chi connectivity index (χ0) is 65.9. The van der Waals surface area contributed by atoms with Gasteiger partial charge in [-0.05, 0) is 222 Å². The minimum absolute atomic E-state index is 0.0120. The molecule has 504 valence electrons. The van der Waals surface area contributed by atoms with E-state index in [1.165, 1.54) is 0 Å². The summed E-state index contributed by atoms with van der Waals surface area (Å²) in [5, 5.41) is 31.0. The molecule has 1 unspecified atom stereocenters. The lowest BCUT2D eigenvalue weighted by Gasteiger charge is -2.51. The van der Waals surface area contributed by atoms with Gasteiger partial charge in [0.2, 0.25) is 20.0 Å². The molecular formula is C70H88Cl2N10O10S2. The van der Waals surface area contributed by atoms with Crippen LogP contribution in [-0.2, 0) is 62.7 Å². The molecule has 4 bridgehead atoms. The summed E-state index contributed by atoms with van der Waals surface area (Å²) in [6, 6.07) is 22.4. The Hall–Kier alpha value is -6.30. The standard InChI is InChI=1S/C70H88Cl2N10O10S2/c1-44-11-8-28-69(85,42-81-32-30-73-77-81)58-22-16-52(58)38-80-41-68(27-10-14-49-34-56(72)21-24-57(49)68)65(92-64-26-19-51(36-62(64)80)67(84)76-93(86,87)46(44)3)60-39-82(78-74-60)43-70(90-5)29-9-12-45(2)47(4)94(88,89)75-66(83)50-18-25-63-61(35-50)79(37-53-17-23-59(53)70)31-7-6-13-48-33-55(71)20-15-54(48)40-91-63/h15,18-21,24-26,30,32-36,39,44-47,52-53,58-59,65,85H,6-14,16-17,22-23,27-29,31,37-38,40-43H2,1-5H3,(H,75,83)(H,76,84)/t44-,45-,46+,47+,52-,53-,58+,59+,65?,68+,69-,70+/m0/s1. The van der Waals surface area contributed by atoms with E-state index < -0.39 is 65.1 Å². The molecule has 12 atom stereocenters.